The number of benzene rings is 1. The lowest BCUT2D eigenvalue weighted by molar-refractivity contribution is -0.122. The molecule has 1 fully saturated rings. The number of carbonyl (C=O) groups is 2. The van der Waals surface area contributed by atoms with Gasteiger partial charge in [0, 0.05) is 69.6 Å². The summed E-state index contributed by atoms with van der Waals surface area (Å²) in [5.41, 5.74) is 3.26. The zero-order valence-corrected chi connectivity index (χ0v) is 22.6. The second kappa shape index (κ2) is 11.8. The molecule has 1 saturated carbocycles. The van der Waals surface area contributed by atoms with Gasteiger partial charge in [0.1, 0.15) is 6.61 Å². The molecule has 9 heteroatoms. The van der Waals surface area contributed by atoms with Gasteiger partial charge in [-0.3, -0.25) is 19.2 Å². The summed E-state index contributed by atoms with van der Waals surface area (Å²) >= 11 is 6.39. The van der Waals surface area contributed by atoms with Crippen molar-refractivity contribution in [3.63, 3.8) is 0 Å². The van der Waals surface area contributed by atoms with Crippen LogP contribution in [0, 0.1) is 0 Å². The van der Waals surface area contributed by atoms with Gasteiger partial charge in [0.2, 0.25) is 0 Å². The van der Waals surface area contributed by atoms with Gasteiger partial charge in [-0.2, -0.15) is 5.10 Å². The van der Waals surface area contributed by atoms with Gasteiger partial charge in [-0.1, -0.05) is 17.7 Å². The lowest BCUT2D eigenvalue weighted by atomic mass is 10.1. The number of methoxy groups -OCH3 is 1. The number of nitrogens with zero attached hydrogens (tertiary/aromatic N) is 5. The topological polar surface area (TPSA) is 70.9 Å². The molecule has 0 spiro atoms. The number of fused-ring (bicyclic) bond motifs is 1. The summed E-state index contributed by atoms with van der Waals surface area (Å²) in [6.07, 6.45) is 4.88. The standard InChI is InChI=1S/C27H38ClN5O3/c1-5-32-17-23(26(29-32)20-7-8-20)27(35)31-14-13-30(19(2)3)11-6-12-33(25(34)18-36-4)24-15-22(28)10-9-21(24)16-31/h9-10,15,17,19-20H,5-8,11-14,16,18H2,1-4H3. The molecular weight excluding hydrogens is 478 g/mol. The Balaban J connectivity index is 1.74. The summed E-state index contributed by atoms with van der Waals surface area (Å²) in [5, 5.41) is 5.28. The van der Waals surface area contributed by atoms with Gasteiger partial charge in [0.25, 0.3) is 11.8 Å². The number of rotatable bonds is 6. The number of aryl methyl sites for hydroxylation is 1. The van der Waals surface area contributed by atoms with E-state index in [0.717, 1.165) is 55.8 Å². The smallest absolute Gasteiger partial charge is 0.257 e. The second-order valence-corrected chi connectivity index (χ2v) is 10.5. The van der Waals surface area contributed by atoms with Crippen molar-refractivity contribution in [2.75, 3.05) is 44.8 Å². The Bertz CT molecular complexity index is 1080. The molecule has 1 aliphatic carbocycles. The predicted molar refractivity (Wildman–Crippen MR) is 142 cm³/mol. The first-order valence-electron chi connectivity index (χ1n) is 13.0. The molecule has 2 aliphatic rings. The molecule has 1 aromatic heterocycles. The van der Waals surface area contributed by atoms with Crippen molar-refractivity contribution in [3.05, 3.63) is 46.2 Å². The Kier molecular flexibility index (Phi) is 8.70. The van der Waals surface area contributed by atoms with Gasteiger partial charge in [-0.15, -0.1) is 0 Å². The van der Waals surface area contributed by atoms with Gasteiger partial charge < -0.3 is 14.5 Å². The van der Waals surface area contributed by atoms with E-state index in [-0.39, 0.29) is 18.4 Å². The van der Waals surface area contributed by atoms with Crippen LogP contribution in [-0.4, -0.2) is 77.3 Å². The second-order valence-electron chi connectivity index (χ2n) is 10.0. The maximum atomic E-state index is 14.0. The van der Waals surface area contributed by atoms with Gasteiger partial charge in [-0.25, -0.2) is 0 Å². The third-order valence-corrected chi connectivity index (χ3v) is 7.31. The Morgan fingerprint density at radius 1 is 1.17 bits per heavy atom. The SMILES string of the molecule is CCn1cc(C(=O)N2CCN(C(C)C)CCCN(C(=O)COC)c3cc(Cl)ccc3C2)c(C2CC2)n1. The van der Waals surface area contributed by atoms with Crippen LogP contribution in [0.2, 0.25) is 5.02 Å². The normalized spacial score (nSPS) is 17.7. The summed E-state index contributed by atoms with van der Waals surface area (Å²) in [6.45, 7) is 10.2. The van der Waals surface area contributed by atoms with Crippen molar-refractivity contribution < 1.29 is 14.3 Å². The number of ether oxygens (including phenoxy) is 1. The lowest BCUT2D eigenvalue weighted by Gasteiger charge is -2.30. The maximum absolute atomic E-state index is 14.0. The van der Waals surface area contributed by atoms with Gasteiger partial charge in [0.05, 0.1) is 16.9 Å². The molecule has 0 N–H and O–H groups in total. The highest BCUT2D eigenvalue weighted by Crippen LogP contribution is 2.41. The number of hydrogen-bond acceptors (Lipinski definition) is 5. The molecule has 2 aromatic rings. The van der Waals surface area contributed by atoms with Gasteiger partial charge in [0.15, 0.2) is 0 Å². The minimum absolute atomic E-state index is 0.00442. The highest BCUT2D eigenvalue weighted by Gasteiger charge is 2.33. The molecule has 1 aromatic carbocycles. The average molecular weight is 516 g/mol. The van der Waals surface area contributed by atoms with E-state index in [0.29, 0.717) is 42.2 Å². The molecule has 0 atom stereocenters. The summed E-state index contributed by atoms with van der Waals surface area (Å²) in [4.78, 5) is 33.2. The first kappa shape index (κ1) is 26.6. The van der Waals surface area contributed by atoms with Crippen molar-refractivity contribution >= 4 is 29.1 Å². The van der Waals surface area contributed by atoms with Crippen LogP contribution in [0.15, 0.2) is 24.4 Å². The van der Waals surface area contributed by atoms with Gasteiger partial charge >= 0.3 is 0 Å². The minimum Gasteiger partial charge on any atom is -0.375 e. The largest absolute Gasteiger partial charge is 0.375 e. The van der Waals surface area contributed by atoms with E-state index in [2.05, 4.69) is 18.7 Å². The highest BCUT2D eigenvalue weighted by molar-refractivity contribution is 6.31. The molecule has 0 saturated heterocycles. The van der Waals surface area contributed by atoms with Crippen LogP contribution >= 0.6 is 11.6 Å². The Labute approximate surface area is 219 Å². The first-order chi connectivity index (χ1) is 17.3. The van der Waals surface area contributed by atoms with Crippen molar-refractivity contribution in [2.24, 2.45) is 0 Å². The quantitative estimate of drug-likeness (QED) is 0.577. The molecule has 8 nitrogen and oxygen atoms in total. The van der Waals surface area contributed by atoms with Crippen LogP contribution < -0.4 is 4.90 Å². The van der Waals surface area contributed by atoms with Crippen molar-refractivity contribution in [2.45, 2.75) is 65.1 Å². The van der Waals surface area contributed by atoms with Crippen LogP contribution in [-0.2, 0) is 22.6 Å². The zero-order valence-electron chi connectivity index (χ0n) is 21.9. The summed E-state index contributed by atoms with van der Waals surface area (Å²) in [6, 6.07) is 5.91. The van der Waals surface area contributed by atoms with E-state index >= 15 is 0 Å². The lowest BCUT2D eigenvalue weighted by Crippen LogP contribution is -2.41. The maximum Gasteiger partial charge on any atom is 0.257 e. The zero-order chi connectivity index (χ0) is 25.8. The van der Waals surface area contributed by atoms with Crippen LogP contribution in [0.1, 0.15) is 67.6 Å². The van der Waals surface area contributed by atoms with Gasteiger partial charge in [-0.05, 0) is 57.7 Å². The average Bonchev–Trinajstić information content (AvgIpc) is 3.61. The summed E-state index contributed by atoms with van der Waals surface area (Å²) in [5.74, 6) is 0.255. The van der Waals surface area contributed by atoms with Crippen LogP contribution in [0.5, 0.6) is 0 Å². The Morgan fingerprint density at radius 2 is 1.94 bits per heavy atom. The van der Waals surface area contributed by atoms with Crippen molar-refractivity contribution in [1.82, 2.24) is 19.6 Å². The molecule has 196 valence electrons. The van der Waals surface area contributed by atoms with E-state index in [1.165, 1.54) is 7.11 Å². The molecule has 0 unspecified atom stereocenters. The summed E-state index contributed by atoms with van der Waals surface area (Å²) < 4.78 is 7.04. The van der Waals surface area contributed by atoms with Crippen LogP contribution in [0.3, 0.4) is 0 Å². The fourth-order valence-electron chi connectivity index (χ4n) is 4.86. The van der Waals surface area contributed by atoms with E-state index in [4.69, 9.17) is 21.4 Å². The molecule has 0 radical (unpaired) electrons. The fraction of sp³-hybridized carbons (Fsp3) is 0.593. The molecule has 0 bridgehead atoms. The van der Waals surface area contributed by atoms with Crippen molar-refractivity contribution in [1.29, 1.82) is 0 Å². The number of amides is 2. The summed E-state index contributed by atoms with van der Waals surface area (Å²) in [7, 11) is 1.53. The number of hydrogen-bond donors (Lipinski definition) is 0. The van der Waals surface area contributed by atoms with E-state index in [9.17, 15) is 9.59 Å². The molecule has 4 rings (SSSR count). The molecule has 36 heavy (non-hydrogen) atoms. The number of halogens is 1. The Hall–Kier alpha value is -2.42. The first-order valence-corrected chi connectivity index (χ1v) is 13.4. The number of carbonyl (C=O) groups excluding carboxylic acids is 2. The van der Waals surface area contributed by atoms with E-state index < -0.39 is 0 Å². The molecule has 2 amide bonds. The Morgan fingerprint density at radius 3 is 2.61 bits per heavy atom. The van der Waals surface area contributed by atoms with E-state index in [1.807, 2.05) is 40.9 Å². The predicted octanol–water partition coefficient (Wildman–Crippen LogP) is 4.17. The molecule has 1 aliphatic heterocycles. The fourth-order valence-corrected chi connectivity index (χ4v) is 5.03. The third-order valence-electron chi connectivity index (χ3n) is 7.08. The van der Waals surface area contributed by atoms with Crippen LogP contribution in [0.4, 0.5) is 5.69 Å². The molecular formula is C27H38ClN5O3. The minimum atomic E-state index is -0.116. The molecule has 2 heterocycles. The third kappa shape index (κ3) is 6.10. The monoisotopic (exact) mass is 515 g/mol. The van der Waals surface area contributed by atoms with Crippen LogP contribution in [0.25, 0.3) is 0 Å². The van der Waals surface area contributed by atoms with Crippen molar-refractivity contribution in [3.8, 4) is 0 Å². The number of anilines is 1. The highest BCUT2D eigenvalue weighted by atomic mass is 35.5. The number of aromatic nitrogens is 2. The van der Waals surface area contributed by atoms with E-state index in [1.54, 1.807) is 4.90 Å².